The molecule has 0 bridgehead atoms. The van der Waals surface area contributed by atoms with Crippen molar-refractivity contribution in [3.63, 3.8) is 0 Å². The maximum atomic E-state index is 12.6. The van der Waals surface area contributed by atoms with Crippen molar-refractivity contribution in [1.82, 2.24) is 25.4 Å². The van der Waals surface area contributed by atoms with Crippen LogP contribution in [0.2, 0.25) is 0 Å². The standard InChI is InChI=1S/C24H27N7O7S/c1-11-19(23(34)31(2)3)39-22(25-11)13-6-5-7-14(18(13)38-4)26-15-10-16(27-20(32)12-8-9-12)29-30-17(15)21(33)28-24(35,36)37/h5-7,10,12,35-37H,8-9H2,1-4H3,(H,28,33)(H2,26,27,29,32). The van der Waals surface area contributed by atoms with Gasteiger partial charge in [-0.05, 0) is 31.9 Å². The summed E-state index contributed by atoms with van der Waals surface area (Å²) < 4.78 is 5.66. The second-order valence-corrected chi connectivity index (χ2v) is 9.99. The number of amides is 3. The van der Waals surface area contributed by atoms with Crippen LogP contribution in [0.5, 0.6) is 5.75 Å². The molecule has 3 amide bonds. The minimum absolute atomic E-state index is 0.00657. The van der Waals surface area contributed by atoms with E-state index in [1.807, 2.05) is 0 Å². The first-order valence-electron chi connectivity index (χ1n) is 11.7. The molecule has 1 fully saturated rings. The summed E-state index contributed by atoms with van der Waals surface area (Å²) in [6, 6.07) is 6.44. The molecular weight excluding hydrogens is 530 g/mol. The fourth-order valence-electron chi connectivity index (χ4n) is 3.58. The number of aromatic nitrogens is 3. The Kier molecular flexibility index (Phi) is 7.78. The fraction of sp³-hybridized carbons (Fsp3) is 0.333. The molecule has 2 heterocycles. The summed E-state index contributed by atoms with van der Waals surface area (Å²) in [7, 11) is 4.74. The Hall–Kier alpha value is -4.18. The number of hydrogen-bond acceptors (Lipinski definition) is 12. The highest BCUT2D eigenvalue weighted by Crippen LogP contribution is 2.41. The van der Waals surface area contributed by atoms with E-state index in [9.17, 15) is 29.7 Å². The number of aliphatic hydroxyl groups is 3. The van der Waals surface area contributed by atoms with Crippen molar-refractivity contribution in [1.29, 1.82) is 0 Å². The Morgan fingerprint density at radius 2 is 1.85 bits per heavy atom. The van der Waals surface area contributed by atoms with Crippen molar-refractivity contribution < 1.29 is 34.4 Å². The van der Waals surface area contributed by atoms with Gasteiger partial charge in [0.05, 0.1) is 29.7 Å². The van der Waals surface area contributed by atoms with E-state index in [1.165, 1.54) is 29.4 Å². The van der Waals surface area contributed by atoms with E-state index in [-0.39, 0.29) is 29.2 Å². The van der Waals surface area contributed by atoms with Gasteiger partial charge in [-0.1, -0.05) is 6.07 Å². The van der Waals surface area contributed by atoms with E-state index in [4.69, 9.17) is 4.74 Å². The second-order valence-electron chi connectivity index (χ2n) is 8.99. The summed E-state index contributed by atoms with van der Waals surface area (Å²) in [4.78, 5) is 43.9. The van der Waals surface area contributed by atoms with Gasteiger partial charge in [0.1, 0.15) is 9.88 Å². The predicted molar refractivity (Wildman–Crippen MR) is 140 cm³/mol. The van der Waals surface area contributed by atoms with Gasteiger partial charge in [0, 0.05) is 26.1 Å². The first kappa shape index (κ1) is 27.8. The van der Waals surface area contributed by atoms with Gasteiger partial charge >= 0.3 is 6.10 Å². The van der Waals surface area contributed by atoms with Crippen LogP contribution in [0.4, 0.5) is 17.2 Å². The smallest absolute Gasteiger partial charge is 0.369 e. The molecule has 15 heteroatoms. The van der Waals surface area contributed by atoms with Crippen molar-refractivity contribution >= 4 is 46.3 Å². The van der Waals surface area contributed by atoms with E-state index in [0.717, 1.165) is 12.8 Å². The normalized spacial score (nSPS) is 13.0. The molecule has 39 heavy (non-hydrogen) atoms. The topological polar surface area (TPSA) is 199 Å². The van der Waals surface area contributed by atoms with Gasteiger partial charge in [0.2, 0.25) is 5.91 Å². The second kappa shape index (κ2) is 10.9. The molecule has 2 aromatic heterocycles. The lowest BCUT2D eigenvalue weighted by molar-refractivity contribution is -0.323. The summed E-state index contributed by atoms with van der Waals surface area (Å²) in [5.74, 6) is -1.34. The SMILES string of the molecule is COc1c(Nc2cc(NC(=O)C3CC3)nnc2C(=O)NC(O)(O)O)cccc1-c1nc(C)c(C(=O)N(C)C)s1. The highest BCUT2D eigenvalue weighted by Gasteiger charge is 2.31. The van der Waals surface area contributed by atoms with Crippen LogP contribution < -0.4 is 20.7 Å². The lowest BCUT2D eigenvalue weighted by atomic mass is 10.1. The van der Waals surface area contributed by atoms with Crippen molar-refractivity contribution in [2.24, 2.45) is 5.92 Å². The lowest BCUT2D eigenvalue weighted by Crippen LogP contribution is -2.48. The molecule has 14 nitrogen and oxygen atoms in total. The molecule has 1 aromatic carbocycles. The maximum Gasteiger partial charge on any atom is 0.369 e. The molecule has 0 unspecified atom stereocenters. The van der Waals surface area contributed by atoms with E-state index in [1.54, 1.807) is 44.5 Å². The van der Waals surface area contributed by atoms with E-state index in [2.05, 4.69) is 25.8 Å². The van der Waals surface area contributed by atoms with Crippen LogP contribution in [0.3, 0.4) is 0 Å². The van der Waals surface area contributed by atoms with Gasteiger partial charge in [-0.3, -0.25) is 19.7 Å². The molecule has 0 atom stereocenters. The lowest BCUT2D eigenvalue weighted by Gasteiger charge is -2.18. The van der Waals surface area contributed by atoms with Crippen molar-refractivity contribution in [2.45, 2.75) is 25.9 Å². The third kappa shape index (κ3) is 6.46. The number of thiazole rings is 1. The minimum Gasteiger partial charge on any atom is -0.494 e. The number of rotatable bonds is 9. The summed E-state index contributed by atoms with van der Waals surface area (Å²) >= 11 is 1.20. The molecule has 206 valence electrons. The zero-order valence-corrected chi connectivity index (χ0v) is 22.3. The van der Waals surface area contributed by atoms with Crippen molar-refractivity contribution in [2.75, 3.05) is 31.8 Å². The Morgan fingerprint density at radius 3 is 2.46 bits per heavy atom. The number of para-hydroxylation sites is 1. The number of nitrogens with one attached hydrogen (secondary N) is 3. The van der Waals surface area contributed by atoms with Gasteiger partial charge in [-0.2, -0.15) is 0 Å². The van der Waals surface area contributed by atoms with Crippen LogP contribution in [0.15, 0.2) is 24.3 Å². The van der Waals surface area contributed by atoms with Gasteiger partial charge in [-0.25, -0.2) is 4.98 Å². The molecule has 1 saturated carbocycles. The number of carbonyl (C=O) groups excluding carboxylic acids is 3. The molecule has 4 rings (SSSR count). The van der Waals surface area contributed by atoms with Crippen LogP contribution in [-0.2, 0) is 4.79 Å². The van der Waals surface area contributed by atoms with Crippen LogP contribution in [-0.4, -0.2) is 80.4 Å². The molecule has 0 radical (unpaired) electrons. The zero-order chi connectivity index (χ0) is 28.5. The number of ether oxygens (including phenoxy) is 1. The van der Waals surface area contributed by atoms with Crippen LogP contribution >= 0.6 is 11.3 Å². The molecule has 0 saturated heterocycles. The number of benzene rings is 1. The third-order valence-electron chi connectivity index (χ3n) is 5.61. The van der Waals surface area contributed by atoms with Crippen LogP contribution in [0.1, 0.15) is 38.7 Å². The Morgan fingerprint density at radius 1 is 1.13 bits per heavy atom. The molecule has 6 N–H and O–H groups in total. The molecule has 1 aliphatic carbocycles. The minimum atomic E-state index is -3.50. The van der Waals surface area contributed by atoms with E-state index >= 15 is 0 Å². The quantitative estimate of drug-likeness (QED) is 0.205. The summed E-state index contributed by atoms with van der Waals surface area (Å²) in [5, 5.41) is 43.0. The molecule has 3 aromatic rings. The molecule has 0 aliphatic heterocycles. The highest BCUT2D eigenvalue weighted by molar-refractivity contribution is 7.17. The number of hydrogen-bond donors (Lipinski definition) is 6. The van der Waals surface area contributed by atoms with Crippen LogP contribution in [0.25, 0.3) is 10.6 Å². The molecule has 1 aliphatic rings. The van der Waals surface area contributed by atoms with Gasteiger partial charge < -0.3 is 35.6 Å². The zero-order valence-electron chi connectivity index (χ0n) is 21.5. The van der Waals surface area contributed by atoms with Crippen molar-refractivity contribution in [3.8, 4) is 16.3 Å². The number of methoxy groups -OCH3 is 1. The third-order valence-corrected chi connectivity index (χ3v) is 6.78. The molecular formula is C24H27N7O7S. The maximum absolute atomic E-state index is 12.6. The Labute approximate surface area is 226 Å². The Balaban J connectivity index is 1.74. The van der Waals surface area contributed by atoms with Crippen molar-refractivity contribution in [3.05, 3.63) is 40.5 Å². The molecule has 0 spiro atoms. The summed E-state index contributed by atoms with van der Waals surface area (Å²) in [6.45, 7) is 1.74. The Bertz CT molecular complexity index is 1430. The van der Waals surface area contributed by atoms with E-state index in [0.29, 0.717) is 32.6 Å². The van der Waals surface area contributed by atoms with E-state index < -0.39 is 17.7 Å². The monoisotopic (exact) mass is 557 g/mol. The van der Waals surface area contributed by atoms with Crippen LogP contribution in [0, 0.1) is 12.8 Å². The highest BCUT2D eigenvalue weighted by atomic mass is 32.1. The first-order chi connectivity index (χ1) is 18.4. The average molecular weight is 558 g/mol. The largest absolute Gasteiger partial charge is 0.494 e. The number of aryl methyl sites for hydroxylation is 1. The van der Waals surface area contributed by atoms with Gasteiger partial charge in [0.15, 0.2) is 17.3 Å². The number of anilines is 3. The first-order valence-corrected chi connectivity index (χ1v) is 12.5. The summed E-state index contributed by atoms with van der Waals surface area (Å²) in [6.07, 6.45) is -1.98. The predicted octanol–water partition coefficient (Wildman–Crippen LogP) is 1.03. The number of carbonyl (C=O) groups is 3. The average Bonchev–Trinajstić information content (AvgIpc) is 3.64. The van der Waals surface area contributed by atoms with Gasteiger partial charge in [-0.15, -0.1) is 21.5 Å². The summed E-state index contributed by atoms with van der Waals surface area (Å²) in [5.41, 5.74) is 1.06. The number of nitrogens with zero attached hydrogens (tertiary/aromatic N) is 4. The fourth-order valence-corrected chi connectivity index (χ4v) is 4.69. The van der Waals surface area contributed by atoms with Gasteiger partial charge in [0.25, 0.3) is 11.8 Å².